The number of anilines is 1. The van der Waals surface area contributed by atoms with Gasteiger partial charge in [-0.25, -0.2) is 9.58 Å². The van der Waals surface area contributed by atoms with Gasteiger partial charge in [0, 0.05) is 7.05 Å². The van der Waals surface area contributed by atoms with Crippen LogP contribution in [0.2, 0.25) is 0 Å². The van der Waals surface area contributed by atoms with Crippen molar-refractivity contribution in [3.63, 3.8) is 0 Å². The van der Waals surface area contributed by atoms with Crippen LogP contribution in [-0.2, 0) is 16.6 Å². The molecule has 1 saturated carbocycles. The molecule has 4 atom stereocenters. The first-order valence-corrected chi connectivity index (χ1v) is 8.91. The van der Waals surface area contributed by atoms with Gasteiger partial charge in [0.1, 0.15) is 5.69 Å². The van der Waals surface area contributed by atoms with E-state index in [1.807, 2.05) is 30.3 Å². The number of allylic oxidation sites excluding steroid dienone is 2. The number of hydrogen-bond acceptors (Lipinski definition) is 3. The van der Waals surface area contributed by atoms with E-state index in [1.165, 1.54) is 9.58 Å². The Balaban J connectivity index is 1.66. The molecule has 1 aliphatic heterocycles. The van der Waals surface area contributed by atoms with Crippen LogP contribution < -0.4 is 10.5 Å². The van der Waals surface area contributed by atoms with Gasteiger partial charge < -0.3 is 0 Å². The summed E-state index contributed by atoms with van der Waals surface area (Å²) < 4.78 is 3.21. The zero-order valence-electron chi connectivity index (χ0n) is 14.6. The van der Waals surface area contributed by atoms with Crippen LogP contribution in [-0.4, -0.2) is 21.2 Å². The fourth-order valence-electron chi connectivity index (χ4n) is 4.93. The Labute approximate surface area is 150 Å². The van der Waals surface area contributed by atoms with Crippen molar-refractivity contribution in [1.29, 1.82) is 0 Å². The lowest BCUT2D eigenvalue weighted by atomic mass is 9.85. The van der Waals surface area contributed by atoms with Crippen LogP contribution in [0.1, 0.15) is 12.1 Å². The number of rotatable bonds is 2. The molecule has 2 aromatic rings. The lowest BCUT2D eigenvalue weighted by Crippen LogP contribution is -2.36. The van der Waals surface area contributed by atoms with Crippen LogP contribution in [0.15, 0.2) is 47.3 Å². The number of imide groups is 1. The standard InChI is InChI=1S/C20H19N3O3/c1-11-17(20(26)23(21(11)2)14-6-4-3-5-7-14)22-18(24)15-12-8-9-13(10-12)16(15)19(22)25/h3-9,12-13,15-16H,10H2,1-2H3/t12?,13?,15-,16+. The summed E-state index contributed by atoms with van der Waals surface area (Å²) in [6.45, 7) is 1.78. The Morgan fingerprint density at radius 1 is 0.923 bits per heavy atom. The quantitative estimate of drug-likeness (QED) is 0.613. The molecule has 132 valence electrons. The summed E-state index contributed by atoms with van der Waals surface area (Å²) in [6.07, 6.45) is 4.99. The second-order valence-corrected chi connectivity index (χ2v) is 7.42. The maximum atomic E-state index is 13.2. The summed E-state index contributed by atoms with van der Waals surface area (Å²) in [5.74, 6) is -0.785. The van der Waals surface area contributed by atoms with E-state index in [9.17, 15) is 14.4 Å². The number of carbonyl (C=O) groups is 2. The van der Waals surface area contributed by atoms with Gasteiger partial charge in [0.25, 0.3) is 5.56 Å². The largest absolute Gasteiger partial charge is 0.296 e. The number of aromatic nitrogens is 2. The average Bonchev–Trinajstić information content (AvgIpc) is 3.36. The smallest absolute Gasteiger partial charge is 0.283 e. The van der Waals surface area contributed by atoms with Crippen molar-refractivity contribution in [2.75, 3.05) is 4.90 Å². The van der Waals surface area contributed by atoms with Crippen LogP contribution in [0.25, 0.3) is 5.69 Å². The molecule has 0 spiro atoms. The third kappa shape index (κ3) is 1.74. The maximum absolute atomic E-state index is 13.2. The molecule has 2 heterocycles. The second kappa shape index (κ2) is 5.06. The number of benzene rings is 1. The average molecular weight is 349 g/mol. The van der Waals surface area contributed by atoms with E-state index in [0.29, 0.717) is 11.4 Å². The second-order valence-electron chi connectivity index (χ2n) is 7.42. The highest BCUT2D eigenvalue weighted by Crippen LogP contribution is 2.53. The van der Waals surface area contributed by atoms with Crippen LogP contribution in [0.3, 0.4) is 0 Å². The zero-order valence-corrected chi connectivity index (χ0v) is 14.6. The van der Waals surface area contributed by atoms with Crippen molar-refractivity contribution >= 4 is 17.5 Å². The SMILES string of the molecule is Cc1c(N2C(=O)[C@@H]3C4C=CC(C4)[C@@H]3C2=O)c(=O)n(-c2ccccc2)n1C. The highest BCUT2D eigenvalue weighted by molar-refractivity contribution is 6.23. The fourth-order valence-corrected chi connectivity index (χ4v) is 4.93. The molecule has 3 aliphatic rings. The van der Waals surface area contributed by atoms with Crippen molar-refractivity contribution in [3.8, 4) is 5.69 Å². The molecule has 2 bridgehead atoms. The maximum Gasteiger partial charge on any atom is 0.296 e. The first kappa shape index (κ1) is 15.4. The van der Waals surface area contributed by atoms with Gasteiger partial charge >= 0.3 is 0 Å². The predicted octanol–water partition coefficient (Wildman–Crippen LogP) is 1.80. The number of amides is 2. The lowest BCUT2D eigenvalue weighted by molar-refractivity contribution is -0.123. The first-order valence-electron chi connectivity index (χ1n) is 8.91. The molecule has 2 amide bonds. The first-order chi connectivity index (χ1) is 12.5. The Bertz CT molecular complexity index is 1000. The van der Waals surface area contributed by atoms with Crippen molar-refractivity contribution in [2.24, 2.45) is 30.7 Å². The number of nitrogens with zero attached hydrogens (tertiary/aromatic N) is 3. The molecule has 0 N–H and O–H groups in total. The minimum Gasteiger partial charge on any atom is -0.283 e. The van der Waals surface area contributed by atoms with Gasteiger partial charge in [-0.2, -0.15) is 0 Å². The minimum atomic E-state index is -0.335. The van der Waals surface area contributed by atoms with Gasteiger partial charge in [0.05, 0.1) is 23.2 Å². The monoisotopic (exact) mass is 349 g/mol. The third-order valence-corrected chi connectivity index (χ3v) is 6.22. The summed E-state index contributed by atoms with van der Waals surface area (Å²) in [7, 11) is 1.77. The Morgan fingerprint density at radius 2 is 1.50 bits per heavy atom. The number of hydrogen-bond donors (Lipinski definition) is 0. The third-order valence-electron chi connectivity index (χ3n) is 6.22. The molecular formula is C20H19N3O3. The Hall–Kier alpha value is -2.89. The molecule has 2 fully saturated rings. The lowest BCUT2D eigenvalue weighted by Gasteiger charge is -2.15. The highest BCUT2D eigenvalue weighted by Gasteiger charge is 2.60. The molecule has 0 radical (unpaired) electrons. The zero-order chi connectivity index (χ0) is 18.2. The van der Waals surface area contributed by atoms with Crippen molar-refractivity contribution < 1.29 is 9.59 Å². The summed E-state index contributed by atoms with van der Waals surface area (Å²) in [4.78, 5) is 40.5. The Morgan fingerprint density at radius 3 is 2.08 bits per heavy atom. The van der Waals surface area contributed by atoms with Crippen LogP contribution >= 0.6 is 0 Å². The van der Waals surface area contributed by atoms with Gasteiger partial charge in [-0.3, -0.25) is 19.1 Å². The van der Waals surface area contributed by atoms with Crippen LogP contribution in [0.4, 0.5) is 5.69 Å². The summed E-state index contributed by atoms with van der Waals surface area (Å²) >= 11 is 0. The number of carbonyl (C=O) groups excluding carboxylic acids is 2. The van der Waals surface area contributed by atoms with Crippen LogP contribution in [0, 0.1) is 30.6 Å². The molecule has 1 saturated heterocycles. The van der Waals surface area contributed by atoms with Crippen LogP contribution in [0.5, 0.6) is 0 Å². The van der Waals surface area contributed by atoms with Gasteiger partial charge in [0.2, 0.25) is 11.8 Å². The molecular weight excluding hydrogens is 330 g/mol. The molecule has 2 unspecified atom stereocenters. The van der Waals surface area contributed by atoms with Gasteiger partial charge in [-0.15, -0.1) is 0 Å². The minimum absolute atomic E-state index is 0.131. The Kier molecular flexibility index (Phi) is 2.99. The molecule has 5 rings (SSSR count). The molecule has 1 aromatic heterocycles. The normalized spacial score (nSPS) is 29.1. The number of para-hydroxylation sites is 1. The van der Waals surface area contributed by atoms with Crippen molar-refractivity contribution in [2.45, 2.75) is 13.3 Å². The van der Waals surface area contributed by atoms with E-state index in [2.05, 4.69) is 12.2 Å². The molecule has 6 heteroatoms. The topological polar surface area (TPSA) is 64.3 Å². The predicted molar refractivity (Wildman–Crippen MR) is 96.0 cm³/mol. The fraction of sp³-hybridized carbons (Fsp3) is 0.350. The molecule has 26 heavy (non-hydrogen) atoms. The van der Waals surface area contributed by atoms with Gasteiger partial charge in [0.15, 0.2) is 0 Å². The van der Waals surface area contributed by atoms with Gasteiger partial charge in [-0.1, -0.05) is 30.4 Å². The van der Waals surface area contributed by atoms with E-state index in [4.69, 9.17) is 0 Å². The van der Waals surface area contributed by atoms with Crippen molar-refractivity contribution in [1.82, 2.24) is 9.36 Å². The van der Waals surface area contributed by atoms with E-state index in [1.54, 1.807) is 18.7 Å². The van der Waals surface area contributed by atoms with E-state index < -0.39 is 0 Å². The molecule has 1 aromatic carbocycles. The highest BCUT2D eigenvalue weighted by atomic mass is 16.2. The summed E-state index contributed by atoms with van der Waals surface area (Å²) in [5, 5.41) is 0. The van der Waals surface area contributed by atoms with Gasteiger partial charge in [-0.05, 0) is 37.3 Å². The van der Waals surface area contributed by atoms with E-state index in [0.717, 1.165) is 6.42 Å². The van der Waals surface area contributed by atoms with Crippen molar-refractivity contribution in [3.05, 3.63) is 58.5 Å². The summed E-state index contributed by atoms with van der Waals surface area (Å²) in [6, 6.07) is 9.24. The number of fused-ring (bicyclic) bond motifs is 5. The summed E-state index contributed by atoms with van der Waals surface area (Å²) in [5.41, 5.74) is 1.18. The molecule has 6 nitrogen and oxygen atoms in total. The molecule has 2 aliphatic carbocycles. The van der Waals surface area contributed by atoms with E-state index >= 15 is 0 Å². The van der Waals surface area contributed by atoms with E-state index in [-0.39, 0.29) is 46.7 Å².